The molecule has 3 unspecified atom stereocenters. The first kappa shape index (κ1) is 14.2. The van der Waals surface area contributed by atoms with Gasteiger partial charge in [-0.15, -0.1) is 0 Å². The number of ether oxygens (including phenoxy) is 1. The fourth-order valence-electron chi connectivity index (χ4n) is 3.71. The van der Waals surface area contributed by atoms with Gasteiger partial charge >= 0.3 is 0 Å². The van der Waals surface area contributed by atoms with Crippen LogP contribution in [0, 0.1) is 24.7 Å². The second kappa shape index (κ2) is 5.23. The van der Waals surface area contributed by atoms with E-state index in [0.29, 0.717) is 5.92 Å². The van der Waals surface area contributed by atoms with Crippen molar-refractivity contribution in [2.45, 2.75) is 37.5 Å². The first-order valence-corrected chi connectivity index (χ1v) is 9.42. The summed E-state index contributed by atoms with van der Waals surface area (Å²) in [6.07, 6.45) is 5.40. The lowest BCUT2D eigenvalue weighted by molar-refractivity contribution is 0.194. The van der Waals surface area contributed by atoms with Crippen molar-refractivity contribution in [3.05, 3.63) is 23.8 Å². The maximum Gasteiger partial charge on any atom is 0.261 e. The van der Waals surface area contributed by atoms with Gasteiger partial charge in [0, 0.05) is 10.7 Å². The number of hydrogen-bond donors (Lipinski definition) is 0. The van der Waals surface area contributed by atoms with Crippen LogP contribution >= 0.6 is 10.7 Å². The summed E-state index contributed by atoms with van der Waals surface area (Å²) in [4.78, 5) is 0.129. The zero-order valence-corrected chi connectivity index (χ0v) is 13.1. The Morgan fingerprint density at radius 2 is 2.10 bits per heavy atom. The second-order valence-electron chi connectivity index (χ2n) is 6.11. The third-order valence-electron chi connectivity index (χ3n) is 4.77. The Labute approximate surface area is 124 Å². The molecule has 3 nitrogen and oxygen atoms in total. The summed E-state index contributed by atoms with van der Waals surface area (Å²) in [7, 11) is 1.67. The molecule has 2 saturated carbocycles. The van der Waals surface area contributed by atoms with Gasteiger partial charge in [-0.1, -0.05) is 6.42 Å². The van der Waals surface area contributed by atoms with Gasteiger partial charge in [-0.2, -0.15) is 0 Å². The fourth-order valence-corrected chi connectivity index (χ4v) is 4.55. The smallest absolute Gasteiger partial charge is 0.261 e. The number of benzene rings is 1. The molecule has 2 fully saturated rings. The Hall–Kier alpha value is -0.740. The molecule has 0 saturated heterocycles. The van der Waals surface area contributed by atoms with Crippen molar-refractivity contribution in [3.63, 3.8) is 0 Å². The van der Waals surface area contributed by atoms with Crippen molar-refractivity contribution in [1.82, 2.24) is 0 Å². The van der Waals surface area contributed by atoms with Crippen molar-refractivity contribution in [2.24, 2.45) is 17.8 Å². The number of hydrogen-bond acceptors (Lipinski definition) is 3. The molecule has 0 aliphatic heterocycles. The lowest BCUT2D eigenvalue weighted by atomic mass is 9.89. The van der Waals surface area contributed by atoms with E-state index < -0.39 is 9.05 Å². The molecule has 0 radical (unpaired) electrons. The topological polar surface area (TPSA) is 43.4 Å². The molecule has 0 N–H and O–H groups in total. The molecule has 3 rings (SSSR count). The van der Waals surface area contributed by atoms with Gasteiger partial charge in [-0.25, -0.2) is 8.42 Å². The van der Waals surface area contributed by atoms with E-state index in [4.69, 9.17) is 15.4 Å². The highest BCUT2D eigenvalue weighted by molar-refractivity contribution is 8.13. The molecule has 20 heavy (non-hydrogen) atoms. The van der Waals surface area contributed by atoms with E-state index in [2.05, 4.69) is 0 Å². The Kier molecular flexibility index (Phi) is 3.71. The number of fused-ring (bicyclic) bond motifs is 2. The summed E-state index contributed by atoms with van der Waals surface area (Å²) in [6, 6.07) is 4.78. The van der Waals surface area contributed by atoms with Gasteiger partial charge in [-0.3, -0.25) is 0 Å². The van der Waals surface area contributed by atoms with Crippen LogP contribution < -0.4 is 4.74 Å². The van der Waals surface area contributed by atoms with Crippen molar-refractivity contribution < 1.29 is 13.2 Å². The second-order valence-corrected chi connectivity index (χ2v) is 8.68. The van der Waals surface area contributed by atoms with Crippen molar-refractivity contribution in [3.8, 4) is 5.75 Å². The molecule has 0 heterocycles. The van der Waals surface area contributed by atoms with E-state index in [1.807, 2.05) is 6.92 Å². The minimum absolute atomic E-state index is 0.129. The van der Waals surface area contributed by atoms with E-state index in [9.17, 15) is 8.42 Å². The van der Waals surface area contributed by atoms with Crippen LogP contribution in [0.2, 0.25) is 0 Å². The zero-order chi connectivity index (χ0) is 14.3. The quantitative estimate of drug-likeness (QED) is 0.795. The van der Waals surface area contributed by atoms with Crippen LogP contribution in [0.25, 0.3) is 0 Å². The van der Waals surface area contributed by atoms with Gasteiger partial charge in [0.25, 0.3) is 9.05 Å². The molecule has 1 aromatic carbocycles. The van der Waals surface area contributed by atoms with Gasteiger partial charge in [-0.05, 0) is 67.7 Å². The van der Waals surface area contributed by atoms with Gasteiger partial charge in [0.2, 0.25) is 0 Å². The SMILES string of the molecule is Cc1cc(S(=O)(=O)Cl)ccc1OCC1CC2CCC1C2. The Balaban J connectivity index is 1.66. The fraction of sp³-hybridized carbons (Fsp3) is 0.600. The van der Waals surface area contributed by atoms with E-state index in [1.54, 1.807) is 12.1 Å². The molecule has 0 amide bonds. The highest BCUT2D eigenvalue weighted by Gasteiger charge is 2.39. The van der Waals surface area contributed by atoms with E-state index in [-0.39, 0.29) is 4.90 Å². The number of halogens is 1. The van der Waals surface area contributed by atoms with Crippen LogP contribution in [0.15, 0.2) is 23.1 Å². The van der Waals surface area contributed by atoms with Crippen molar-refractivity contribution in [1.29, 1.82) is 0 Å². The van der Waals surface area contributed by atoms with Gasteiger partial charge in [0.1, 0.15) is 5.75 Å². The Morgan fingerprint density at radius 3 is 2.65 bits per heavy atom. The van der Waals surface area contributed by atoms with Crippen LogP contribution in [0.5, 0.6) is 5.75 Å². The first-order valence-electron chi connectivity index (χ1n) is 7.11. The molecule has 110 valence electrons. The van der Waals surface area contributed by atoms with E-state index >= 15 is 0 Å². The average Bonchev–Trinajstić information content (AvgIpc) is 2.98. The number of aryl methyl sites for hydroxylation is 1. The molecule has 2 aliphatic carbocycles. The molecular formula is C15H19ClO3S. The lowest BCUT2D eigenvalue weighted by Crippen LogP contribution is -2.18. The molecule has 2 bridgehead atoms. The molecule has 2 aliphatic rings. The molecular weight excluding hydrogens is 296 g/mol. The van der Waals surface area contributed by atoms with Gasteiger partial charge in [0.15, 0.2) is 0 Å². The van der Waals surface area contributed by atoms with Crippen LogP contribution in [0.3, 0.4) is 0 Å². The van der Waals surface area contributed by atoms with Crippen molar-refractivity contribution >= 4 is 19.7 Å². The third kappa shape index (κ3) is 2.82. The van der Waals surface area contributed by atoms with Gasteiger partial charge < -0.3 is 4.74 Å². The average molecular weight is 315 g/mol. The normalized spacial score (nSPS) is 28.8. The molecule has 1 aromatic rings. The summed E-state index contributed by atoms with van der Waals surface area (Å²) in [6.45, 7) is 2.59. The Morgan fingerprint density at radius 1 is 1.30 bits per heavy atom. The zero-order valence-electron chi connectivity index (χ0n) is 11.5. The monoisotopic (exact) mass is 314 g/mol. The summed E-state index contributed by atoms with van der Waals surface area (Å²) in [5.41, 5.74) is 0.815. The van der Waals surface area contributed by atoms with Crippen molar-refractivity contribution in [2.75, 3.05) is 6.61 Å². The molecule has 0 spiro atoms. The minimum atomic E-state index is -3.66. The van der Waals surface area contributed by atoms with Crippen LogP contribution in [0.1, 0.15) is 31.2 Å². The predicted molar refractivity (Wildman–Crippen MR) is 78.7 cm³/mol. The standard InChI is InChI=1S/C15H19ClO3S/c1-10-6-14(20(16,17)18)4-5-15(10)19-9-13-8-11-2-3-12(13)7-11/h4-6,11-13H,2-3,7-9H2,1H3. The Bertz CT molecular complexity index is 612. The van der Waals surface area contributed by atoms with Crippen LogP contribution in [-0.4, -0.2) is 15.0 Å². The maximum atomic E-state index is 11.3. The predicted octanol–water partition coefficient (Wildman–Crippen LogP) is 3.74. The minimum Gasteiger partial charge on any atom is -0.493 e. The summed E-state index contributed by atoms with van der Waals surface area (Å²) in [5, 5.41) is 0. The number of rotatable bonds is 4. The highest BCUT2D eigenvalue weighted by Crippen LogP contribution is 2.48. The molecule has 3 atom stereocenters. The highest BCUT2D eigenvalue weighted by atomic mass is 35.7. The largest absolute Gasteiger partial charge is 0.493 e. The van der Waals surface area contributed by atoms with Gasteiger partial charge in [0.05, 0.1) is 11.5 Å². The van der Waals surface area contributed by atoms with Crippen LogP contribution in [0.4, 0.5) is 0 Å². The summed E-state index contributed by atoms with van der Waals surface area (Å²) >= 11 is 0. The third-order valence-corrected chi connectivity index (χ3v) is 6.12. The van der Waals surface area contributed by atoms with E-state index in [0.717, 1.165) is 29.8 Å². The van der Waals surface area contributed by atoms with E-state index in [1.165, 1.54) is 31.7 Å². The summed E-state index contributed by atoms with van der Waals surface area (Å²) < 4.78 is 28.5. The molecule has 0 aromatic heterocycles. The maximum absolute atomic E-state index is 11.3. The molecule has 5 heteroatoms. The van der Waals surface area contributed by atoms with Crippen LogP contribution in [-0.2, 0) is 9.05 Å². The first-order chi connectivity index (χ1) is 9.43. The summed E-state index contributed by atoms with van der Waals surface area (Å²) in [5.74, 6) is 3.18. The lowest BCUT2D eigenvalue weighted by Gasteiger charge is -2.22.